The van der Waals surface area contributed by atoms with E-state index in [9.17, 15) is 14.7 Å². The van der Waals surface area contributed by atoms with Crippen LogP contribution >= 0.6 is 0 Å². The van der Waals surface area contributed by atoms with Gasteiger partial charge in [-0.1, -0.05) is 12.1 Å². The zero-order valence-corrected chi connectivity index (χ0v) is 27.2. The summed E-state index contributed by atoms with van der Waals surface area (Å²) in [4.78, 5) is 32.1. The minimum absolute atomic E-state index is 0. The van der Waals surface area contributed by atoms with Crippen molar-refractivity contribution in [1.29, 1.82) is 10.5 Å². The summed E-state index contributed by atoms with van der Waals surface area (Å²) in [5, 5.41) is 34.4. The van der Waals surface area contributed by atoms with Gasteiger partial charge < -0.3 is 21.2 Å². The molecule has 4 aliphatic rings. The van der Waals surface area contributed by atoms with Crippen LogP contribution < -0.4 is 40.2 Å². The zero-order chi connectivity index (χ0) is 30.4. The van der Waals surface area contributed by atoms with Crippen LogP contribution in [0.5, 0.6) is 0 Å². The third-order valence-electron chi connectivity index (χ3n) is 8.95. The second-order valence-corrected chi connectivity index (χ2v) is 11.5. The largest absolute Gasteiger partial charge is 1.00 e. The number of amides is 2. The standard InChI is InChI=1S/C17H17N3O.C16H13N3O2.Na.H2O/c1-10-15(16(21)20-17(10,2)12-5-6-12)13-7-4-11(9-18)8-14(13)19-3;1-16(10-4-5-10)14(20)13(15(21)19-16)11-6-3-9(8-17)7-12(11)18-2;;/h4,7-8,12H,3,5-6H2,1-2H3,(H,20,21);3,6-7,10,20H,4-5H2,1H3,(H,19,21);;1H2/q;;+1;/p-1. The van der Waals surface area contributed by atoms with Crippen LogP contribution in [0.15, 0.2) is 52.7 Å². The second kappa shape index (κ2) is 12.8. The van der Waals surface area contributed by atoms with Gasteiger partial charge >= 0.3 is 29.6 Å². The predicted molar refractivity (Wildman–Crippen MR) is 160 cm³/mol. The Balaban J connectivity index is 0.000000230. The van der Waals surface area contributed by atoms with E-state index in [1.807, 2.05) is 19.9 Å². The van der Waals surface area contributed by atoms with E-state index in [0.29, 0.717) is 33.9 Å². The molecule has 0 spiro atoms. The molecule has 44 heavy (non-hydrogen) atoms. The molecule has 2 saturated carbocycles. The second-order valence-electron chi connectivity index (χ2n) is 11.5. The minimum Gasteiger partial charge on any atom is -0.870 e. The van der Waals surface area contributed by atoms with Gasteiger partial charge in [-0.15, -0.1) is 0 Å². The summed E-state index contributed by atoms with van der Waals surface area (Å²) in [6.07, 6.45) is 4.25. The predicted octanol–water partition coefficient (Wildman–Crippen LogP) is 2.47. The number of nitriles is 2. The summed E-state index contributed by atoms with van der Waals surface area (Å²) in [6.45, 7) is 16.7. The number of rotatable bonds is 5. The van der Waals surface area contributed by atoms with Crippen molar-refractivity contribution < 1.29 is 49.7 Å². The molecule has 218 valence electrons. The molecule has 2 aliphatic heterocycles. The Morgan fingerprint density at radius 2 is 1.43 bits per heavy atom. The molecular weight excluding hydrogens is 567 g/mol. The summed E-state index contributed by atoms with van der Waals surface area (Å²) < 4.78 is 0. The zero-order valence-electron chi connectivity index (χ0n) is 25.2. The number of carbonyl (C=O) groups is 2. The molecule has 0 radical (unpaired) electrons. The van der Waals surface area contributed by atoms with Crippen molar-refractivity contribution >= 4 is 41.1 Å². The monoisotopic (exact) mass is 598 g/mol. The van der Waals surface area contributed by atoms with Crippen molar-refractivity contribution in [2.75, 3.05) is 0 Å². The van der Waals surface area contributed by atoms with Crippen molar-refractivity contribution in [1.82, 2.24) is 10.6 Å². The summed E-state index contributed by atoms with van der Waals surface area (Å²) in [7, 11) is 0. The number of hydrogen-bond donors (Lipinski definition) is 3. The number of aliphatic imine (C=N–C) groups is 1. The molecule has 0 aromatic heterocycles. The third kappa shape index (κ3) is 5.80. The molecule has 2 atom stereocenters. The summed E-state index contributed by atoms with van der Waals surface area (Å²) in [5.41, 5.74) is 3.69. The number of aliphatic hydroxyl groups is 1. The van der Waals surface area contributed by atoms with E-state index in [-0.39, 0.29) is 75.3 Å². The fraction of sp³-hybridized carbons (Fsp3) is 0.333. The van der Waals surface area contributed by atoms with E-state index < -0.39 is 5.54 Å². The average molecular weight is 599 g/mol. The number of benzene rings is 2. The third-order valence-corrected chi connectivity index (χ3v) is 8.95. The average Bonchev–Trinajstić information content (AvgIpc) is 3.90. The normalized spacial score (nSPS) is 23.5. The molecule has 6 rings (SSSR count). The van der Waals surface area contributed by atoms with Crippen molar-refractivity contribution in [2.45, 2.75) is 57.5 Å². The molecule has 10 nitrogen and oxygen atoms in total. The van der Waals surface area contributed by atoms with Crippen molar-refractivity contribution in [3.05, 3.63) is 81.4 Å². The van der Waals surface area contributed by atoms with Crippen LogP contribution in [0.25, 0.3) is 16.0 Å². The Morgan fingerprint density at radius 1 is 0.932 bits per heavy atom. The number of aliphatic hydroxyl groups excluding tert-OH is 1. The van der Waals surface area contributed by atoms with Crippen LogP contribution in [0.3, 0.4) is 0 Å². The van der Waals surface area contributed by atoms with Crippen LogP contribution in [0.1, 0.15) is 68.7 Å². The van der Waals surface area contributed by atoms with Gasteiger partial charge in [0.2, 0.25) is 0 Å². The van der Waals surface area contributed by atoms with E-state index in [1.54, 1.807) is 30.3 Å². The fourth-order valence-corrected chi connectivity index (χ4v) is 5.99. The number of hydrogen-bond acceptors (Lipinski definition) is 7. The molecule has 2 aromatic carbocycles. The van der Waals surface area contributed by atoms with Gasteiger partial charge in [0.05, 0.1) is 46.6 Å². The molecular formula is C33H31N6NaO4. The Bertz CT molecular complexity index is 1750. The van der Waals surface area contributed by atoms with E-state index in [1.165, 1.54) is 6.07 Å². The topological polar surface area (TPSA) is 173 Å². The van der Waals surface area contributed by atoms with E-state index in [4.69, 9.17) is 17.1 Å². The van der Waals surface area contributed by atoms with Crippen LogP contribution in [0.2, 0.25) is 0 Å². The SMILES string of the molecule is C=Nc1cc(C#N)ccc1C1=C(C)C(C)(C2CC2)NC1=O.[C-]#[N+]c1cc(C#N)ccc1C1=C(O)C(C)(C2CC2)NC1=O.[Na+].[OH-]. The van der Waals surface area contributed by atoms with Gasteiger partial charge in [-0.3, -0.25) is 14.6 Å². The van der Waals surface area contributed by atoms with Gasteiger partial charge in [-0.25, -0.2) is 4.85 Å². The molecule has 11 heteroatoms. The Labute approximate surface area is 278 Å². The first-order valence-electron chi connectivity index (χ1n) is 13.8. The number of carbonyl (C=O) groups excluding carboxylic acids is 2. The van der Waals surface area contributed by atoms with Crippen LogP contribution in [-0.4, -0.2) is 40.2 Å². The Morgan fingerprint density at radius 3 is 1.95 bits per heavy atom. The molecule has 2 unspecified atom stereocenters. The molecule has 2 aromatic rings. The van der Waals surface area contributed by atoms with Crippen LogP contribution in [0.4, 0.5) is 11.4 Å². The number of nitrogens with zero attached hydrogens (tertiary/aromatic N) is 4. The summed E-state index contributed by atoms with van der Waals surface area (Å²) in [6, 6.07) is 13.7. The maximum Gasteiger partial charge on any atom is 1.00 e. The van der Waals surface area contributed by atoms with Gasteiger partial charge in [0.15, 0.2) is 5.69 Å². The molecule has 0 saturated heterocycles. The minimum atomic E-state index is -0.736. The molecule has 2 amide bonds. The molecule has 4 N–H and O–H groups in total. The molecule has 0 bridgehead atoms. The van der Waals surface area contributed by atoms with E-state index >= 15 is 0 Å². The molecule has 2 fully saturated rings. The quantitative estimate of drug-likeness (QED) is 0.271. The van der Waals surface area contributed by atoms with Crippen molar-refractivity contribution in [3.8, 4) is 12.1 Å². The van der Waals surface area contributed by atoms with Gasteiger partial charge in [0, 0.05) is 16.7 Å². The van der Waals surface area contributed by atoms with Gasteiger partial charge in [-0.2, -0.15) is 10.5 Å². The van der Waals surface area contributed by atoms with E-state index in [2.05, 4.69) is 40.2 Å². The van der Waals surface area contributed by atoms with Crippen LogP contribution in [-0.2, 0) is 9.59 Å². The van der Waals surface area contributed by atoms with Crippen molar-refractivity contribution in [3.63, 3.8) is 0 Å². The first-order valence-corrected chi connectivity index (χ1v) is 13.8. The number of nitrogens with one attached hydrogen (secondary N) is 2. The van der Waals surface area contributed by atoms with Crippen molar-refractivity contribution in [2.24, 2.45) is 16.8 Å². The van der Waals surface area contributed by atoms with Gasteiger partial charge in [0.1, 0.15) is 5.76 Å². The maximum absolute atomic E-state index is 12.5. The summed E-state index contributed by atoms with van der Waals surface area (Å²) >= 11 is 0. The van der Waals surface area contributed by atoms with E-state index in [0.717, 1.165) is 36.8 Å². The first kappa shape index (κ1) is 34.3. The first-order chi connectivity index (χ1) is 20.0. The Hall–Kier alpha value is -4.24. The molecule has 2 heterocycles. The van der Waals surface area contributed by atoms with Gasteiger partial charge in [-0.05, 0) is 100 Å². The maximum atomic E-state index is 12.5. The smallest absolute Gasteiger partial charge is 0.870 e. The fourth-order valence-electron chi connectivity index (χ4n) is 5.99. The molecule has 2 aliphatic carbocycles. The van der Waals surface area contributed by atoms with Crippen LogP contribution in [0, 0.1) is 41.1 Å². The Kier molecular flexibility index (Phi) is 9.95. The summed E-state index contributed by atoms with van der Waals surface area (Å²) in [5.74, 6) is 0.351. The van der Waals surface area contributed by atoms with Gasteiger partial charge in [0.25, 0.3) is 11.8 Å².